The highest BCUT2D eigenvalue weighted by atomic mass is 16.5. The molecule has 0 radical (unpaired) electrons. The molecule has 0 aromatic heterocycles. The average molecular weight is 304 g/mol. The van der Waals surface area contributed by atoms with Crippen molar-refractivity contribution in [3.63, 3.8) is 0 Å². The van der Waals surface area contributed by atoms with Gasteiger partial charge in [-0.05, 0) is 31.1 Å². The summed E-state index contributed by atoms with van der Waals surface area (Å²) in [6.07, 6.45) is 16.0. The van der Waals surface area contributed by atoms with Gasteiger partial charge in [0.1, 0.15) is 19.0 Å². The summed E-state index contributed by atoms with van der Waals surface area (Å²) in [7, 11) is 0. The maximum Gasteiger partial charge on any atom is 0.122 e. The Bertz CT molecular complexity index is 359. The summed E-state index contributed by atoms with van der Waals surface area (Å²) < 4.78 is 11.0. The lowest BCUT2D eigenvalue weighted by molar-refractivity contribution is 0.178. The van der Waals surface area contributed by atoms with Crippen molar-refractivity contribution in [2.24, 2.45) is 0 Å². The van der Waals surface area contributed by atoms with Gasteiger partial charge in [-0.25, -0.2) is 0 Å². The minimum absolute atomic E-state index is 0.589. The Kier molecular flexibility index (Phi) is 12.3. The predicted octanol–water partition coefficient (Wildman–Crippen LogP) is 6.13. The monoisotopic (exact) mass is 304 g/mol. The molecule has 0 aliphatic carbocycles. The largest absolute Gasteiger partial charge is 0.498 e. The van der Waals surface area contributed by atoms with E-state index in [2.05, 4.69) is 13.0 Å². The van der Waals surface area contributed by atoms with Crippen LogP contribution in [0.3, 0.4) is 0 Å². The Morgan fingerprint density at radius 1 is 0.818 bits per heavy atom. The van der Waals surface area contributed by atoms with E-state index in [1.54, 1.807) is 0 Å². The molecule has 124 valence electrons. The van der Waals surface area contributed by atoms with Crippen LogP contribution in [0, 0.1) is 0 Å². The summed E-state index contributed by atoms with van der Waals surface area (Å²) in [5, 5.41) is 0. The van der Waals surface area contributed by atoms with Crippen LogP contribution in [-0.4, -0.2) is 13.2 Å². The summed E-state index contributed by atoms with van der Waals surface area (Å²) in [5.41, 5.74) is 0. The third-order valence-electron chi connectivity index (χ3n) is 3.63. The summed E-state index contributed by atoms with van der Waals surface area (Å²) in [4.78, 5) is 0. The van der Waals surface area contributed by atoms with Crippen molar-refractivity contribution < 1.29 is 9.47 Å². The number of rotatable bonds is 14. The highest BCUT2D eigenvalue weighted by Gasteiger charge is 1.91. The van der Waals surface area contributed by atoms with E-state index in [9.17, 15) is 0 Å². The highest BCUT2D eigenvalue weighted by Crippen LogP contribution is 2.10. The smallest absolute Gasteiger partial charge is 0.122 e. The Morgan fingerprint density at radius 2 is 1.50 bits per heavy atom. The topological polar surface area (TPSA) is 18.5 Å². The van der Waals surface area contributed by atoms with Gasteiger partial charge in [-0.1, -0.05) is 70.1 Å². The predicted molar refractivity (Wildman–Crippen MR) is 94.3 cm³/mol. The van der Waals surface area contributed by atoms with Crippen molar-refractivity contribution in [3.8, 4) is 5.75 Å². The molecule has 0 saturated heterocycles. The second kappa shape index (κ2) is 14.5. The number of ether oxygens (including phenoxy) is 2. The second-order valence-corrected chi connectivity index (χ2v) is 5.67. The standard InChI is InChI=1S/C20H32O2/c1-2-3-4-5-6-7-8-9-10-14-17-21-18-19-22-20-15-12-11-13-16-20/h11-17H,2-10,18-19H2,1H3. The van der Waals surface area contributed by atoms with Gasteiger partial charge in [0.05, 0.1) is 6.26 Å². The molecule has 2 heteroatoms. The maximum absolute atomic E-state index is 5.55. The van der Waals surface area contributed by atoms with Crippen molar-refractivity contribution >= 4 is 0 Å². The fraction of sp³-hybridized carbons (Fsp3) is 0.600. The first-order valence-corrected chi connectivity index (χ1v) is 8.88. The van der Waals surface area contributed by atoms with E-state index in [1.165, 1.54) is 51.4 Å². The molecule has 1 aromatic rings. The van der Waals surface area contributed by atoms with Gasteiger partial charge in [-0.15, -0.1) is 0 Å². The minimum Gasteiger partial charge on any atom is -0.498 e. The average Bonchev–Trinajstić information content (AvgIpc) is 2.56. The fourth-order valence-corrected chi connectivity index (χ4v) is 2.32. The van der Waals surface area contributed by atoms with Crippen LogP contribution in [0.15, 0.2) is 42.7 Å². The molecular formula is C20H32O2. The van der Waals surface area contributed by atoms with Crippen LogP contribution in [0.2, 0.25) is 0 Å². The van der Waals surface area contributed by atoms with Gasteiger partial charge in [0.15, 0.2) is 0 Å². The van der Waals surface area contributed by atoms with E-state index in [0.717, 1.165) is 12.2 Å². The van der Waals surface area contributed by atoms with E-state index >= 15 is 0 Å². The summed E-state index contributed by atoms with van der Waals surface area (Å²) >= 11 is 0. The molecule has 0 atom stereocenters. The number of hydrogen-bond donors (Lipinski definition) is 0. The molecule has 0 bridgehead atoms. The molecule has 0 N–H and O–H groups in total. The van der Waals surface area contributed by atoms with Crippen LogP contribution in [0.25, 0.3) is 0 Å². The highest BCUT2D eigenvalue weighted by molar-refractivity contribution is 5.20. The van der Waals surface area contributed by atoms with Crippen LogP contribution >= 0.6 is 0 Å². The Morgan fingerprint density at radius 3 is 2.23 bits per heavy atom. The van der Waals surface area contributed by atoms with Crippen molar-refractivity contribution in [1.29, 1.82) is 0 Å². The van der Waals surface area contributed by atoms with E-state index in [0.29, 0.717) is 13.2 Å². The molecule has 22 heavy (non-hydrogen) atoms. The van der Waals surface area contributed by atoms with Crippen LogP contribution in [0.1, 0.15) is 64.7 Å². The SMILES string of the molecule is CCCCCCCCCCC=COCCOc1ccccc1. The Hall–Kier alpha value is -1.44. The Balaban J connectivity index is 1.80. The number of para-hydroxylation sites is 1. The van der Waals surface area contributed by atoms with E-state index in [-0.39, 0.29) is 0 Å². The molecular weight excluding hydrogens is 272 g/mol. The van der Waals surface area contributed by atoms with Crippen LogP contribution < -0.4 is 4.74 Å². The summed E-state index contributed by atoms with van der Waals surface area (Å²) in [5.74, 6) is 0.897. The van der Waals surface area contributed by atoms with E-state index in [1.807, 2.05) is 36.6 Å². The Labute approximate surface area is 136 Å². The van der Waals surface area contributed by atoms with Crippen molar-refractivity contribution in [3.05, 3.63) is 42.7 Å². The molecule has 0 aliphatic rings. The first kappa shape index (κ1) is 18.6. The molecule has 1 rings (SSSR count). The second-order valence-electron chi connectivity index (χ2n) is 5.67. The minimum atomic E-state index is 0.589. The number of unbranched alkanes of at least 4 members (excludes halogenated alkanes) is 8. The third-order valence-corrected chi connectivity index (χ3v) is 3.63. The van der Waals surface area contributed by atoms with E-state index in [4.69, 9.17) is 9.47 Å². The van der Waals surface area contributed by atoms with Crippen LogP contribution in [0.5, 0.6) is 5.75 Å². The molecule has 0 heterocycles. The first-order chi connectivity index (χ1) is 10.9. The van der Waals surface area contributed by atoms with Gasteiger partial charge in [-0.3, -0.25) is 0 Å². The van der Waals surface area contributed by atoms with Crippen molar-refractivity contribution in [2.45, 2.75) is 64.7 Å². The maximum atomic E-state index is 5.55. The number of hydrogen-bond acceptors (Lipinski definition) is 2. The molecule has 0 fully saturated rings. The van der Waals surface area contributed by atoms with Gasteiger partial charge in [-0.2, -0.15) is 0 Å². The lowest BCUT2D eigenvalue weighted by atomic mass is 10.1. The zero-order valence-electron chi connectivity index (χ0n) is 14.1. The normalized spacial score (nSPS) is 11.0. The number of allylic oxidation sites excluding steroid dienone is 1. The molecule has 1 aromatic carbocycles. The summed E-state index contributed by atoms with van der Waals surface area (Å²) in [6.45, 7) is 3.46. The van der Waals surface area contributed by atoms with Gasteiger partial charge >= 0.3 is 0 Å². The molecule has 0 spiro atoms. The van der Waals surface area contributed by atoms with Crippen LogP contribution in [-0.2, 0) is 4.74 Å². The molecule has 0 saturated carbocycles. The van der Waals surface area contributed by atoms with Gasteiger partial charge in [0.25, 0.3) is 0 Å². The van der Waals surface area contributed by atoms with E-state index < -0.39 is 0 Å². The molecule has 0 aliphatic heterocycles. The fourth-order valence-electron chi connectivity index (χ4n) is 2.32. The number of benzene rings is 1. The summed E-state index contributed by atoms with van der Waals surface area (Å²) in [6, 6.07) is 9.84. The zero-order chi connectivity index (χ0) is 15.7. The lowest BCUT2D eigenvalue weighted by Crippen LogP contribution is -2.03. The van der Waals surface area contributed by atoms with Crippen molar-refractivity contribution in [2.75, 3.05) is 13.2 Å². The molecule has 2 nitrogen and oxygen atoms in total. The third kappa shape index (κ3) is 11.2. The van der Waals surface area contributed by atoms with Gasteiger partial charge < -0.3 is 9.47 Å². The zero-order valence-corrected chi connectivity index (χ0v) is 14.1. The van der Waals surface area contributed by atoms with Gasteiger partial charge in [0, 0.05) is 0 Å². The van der Waals surface area contributed by atoms with Crippen molar-refractivity contribution in [1.82, 2.24) is 0 Å². The van der Waals surface area contributed by atoms with Gasteiger partial charge in [0.2, 0.25) is 0 Å². The quantitative estimate of drug-likeness (QED) is 0.304. The molecule has 0 amide bonds. The lowest BCUT2D eigenvalue weighted by Gasteiger charge is -2.05. The van der Waals surface area contributed by atoms with Crippen LogP contribution in [0.4, 0.5) is 0 Å². The molecule has 0 unspecified atom stereocenters. The first-order valence-electron chi connectivity index (χ1n) is 8.88.